The molecule has 0 amide bonds. The van der Waals surface area contributed by atoms with Gasteiger partial charge in [0.05, 0.1) is 25.1 Å². The van der Waals surface area contributed by atoms with Crippen LogP contribution in [0.3, 0.4) is 0 Å². The summed E-state index contributed by atoms with van der Waals surface area (Å²) < 4.78 is 30.3. The molecule has 0 spiro atoms. The van der Waals surface area contributed by atoms with Crippen LogP contribution in [0.4, 0.5) is 5.69 Å². The van der Waals surface area contributed by atoms with Crippen LogP contribution in [0.25, 0.3) is 0 Å². The van der Waals surface area contributed by atoms with Gasteiger partial charge in [0.1, 0.15) is 11.6 Å². The van der Waals surface area contributed by atoms with Crippen molar-refractivity contribution >= 4 is 21.5 Å². The molecule has 0 heterocycles. The van der Waals surface area contributed by atoms with Crippen molar-refractivity contribution in [3.63, 3.8) is 0 Å². The van der Waals surface area contributed by atoms with Crippen LogP contribution in [-0.4, -0.2) is 33.7 Å². The van der Waals surface area contributed by atoms with Crippen LogP contribution >= 0.6 is 0 Å². The number of benzene rings is 1. The number of hydrogen-bond donors (Lipinski definition) is 2. The van der Waals surface area contributed by atoms with Gasteiger partial charge in [-0.3, -0.25) is 9.71 Å². The smallest absolute Gasteiger partial charge is 0.235 e. The maximum atomic E-state index is 12.0. The molecule has 0 radical (unpaired) electrons. The first-order valence-electron chi connectivity index (χ1n) is 5.38. The Labute approximate surface area is 107 Å². The Balaban J connectivity index is 3.30. The van der Waals surface area contributed by atoms with Crippen molar-refractivity contribution in [3.8, 4) is 5.75 Å². The van der Waals surface area contributed by atoms with Gasteiger partial charge in [-0.2, -0.15) is 0 Å². The number of nitrogens with one attached hydrogen (secondary N) is 1. The molecule has 3 N–H and O–H groups in total. The number of amidine groups is 1. The van der Waals surface area contributed by atoms with Crippen molar-refractivity contribution in [2.75, 3.05) is 23.7 Å². The van der Waals surface area contributed by atoms with E-state index in [2.05, 4.69) is 0 Å². The van der Waals surface area contributed by atoms with Crippen LogP contribution in [0.5, 0.6) is 5.75 Å². The number of methoxy groups -OCH3 is 1. The van der Waals surface area contributed by atoms with E-state index in [-0.39, 0.29) is 18.1 Å². The van der Waals surface area contributed by atoms with Crippen molar-refractivity contribution in [1.29, 1.82) is 5.41 Å². The Morgan fingerprint density at radius 1 is 1.44 bits per heavy atom. The summed E-state index contributed by atoms with van der Waals surface area (Å²) in [5.41, 5.74) is 5.70. The van der Waals surface area contributed by atoms with Gasteiger partial charge in [0.25, 0.3) is 0 Å². The maximum Gasteiger partial charge on any atom is 0.235 e. The lowest BCUT2D eigenvalue weighted by Crippen LogP contribution is -2.39. The Kier molecular flexibility index (Phi) is 4.55. The molecule has 0 bridgehead atoms. The number of sulfonamides is 1. The van der Waals surface area contributed by atoms with Crippen LogP contribution in [0.15, 0.2) is 24.3 Å². The zero-order valence-electron chi connectivity index (χ0n) is 10.4. The summed E-state index contributed by atoms with van der Waals surface area (Å²) in [5.74, 6) is 0.131. The lowest BCUT2D eigenvalue weighted by molar-refractivity contribution is 0.415. The van der Waals surface area contributed by atoms with E-state index in [9.17, 15) is 8.42 Å². The number of para-hydroxylation sites is 2. The molecule has 6 nitrogen and oxygen atoms in total. The second-order valence-corrected chi connectivity index (χ2v) is 5.79. The molecule has 0 fully saturated rings. The average molecular weight is 271 g/mol. The predicted molar refractivity (Wildman–Crippen MR) is 71.7 cm³/mol. The number of rotatable bonds is 6. The number of nitrogens with zero attached hydrogens (tertiary/aromatic N) is 1. The lowest BCUT2D eigenvalue weighted by atomic mass is 10.3. The minimum absolute atomic E-state index is 0.0711. The topological polar surface area (TPSA) is 96.5 Å². The van der Waals surface area contributed by atoms with Gasteiger partial charge in [0.2, 0.25) is 10.0 Å². The van der Waals surface area contributed by atoms with Crippen molar-refractivity contribution in [2.45, 2.75) is 6.92 Å². The van der Waals surface area contributed by atoms with Gasteiger partial charge in [-0.1, -0.05) is 12.1 Å². The summed E-state index contributed by atoms with van der Waals surface area (Å²) in [6, 6.07) is 6.73. The van der Waals surface area contributed by atoms with Crippen molar-refractivity contribution in [3.05, 3.63) is 24.3 Å². The van der Waals surface area contributed by atoms with Gasteiger partial charge in [-0.25, -0.2) is 8.42 Å². The molecule has 0 unspecified atom stereocenters. The first-order valence-corrected chi connectivity index (χ1v) is 6.99. The van der Waals surface area contributed by atoms with Gasteiger partial charge < -0.3 is 10.5 Å². The van der Waals surface area contributed by atoms with Gasteiger partial charge in [0, 0.05) is 0 Å². The molecule has 1 aromatic carbocycles. The van der Waals surface area contributed by atoms with Gasteiger partial charge in [-0.05, 0) is 19.1 Å². The summed E-state index contributed by atoms with van der Waals surface area (Å²) in [6.45, 7) is 1.36. The fraction of sp³-hybridized carbons (Fsp3) is 0.364. The zero-order valence-corrected chi connectivity index (χ0v) is 11.2. The van der Waals surface area contributed by atoms with E-state index >= 15 is 0 Å². The molecular weight excluding hydrogens is 254 g/mol. The minimum Gasteiger partial charge on any atom is -0.495 e. The van der Waals surface area contributed by atoms with Crippen LogP contribution < -0.4 is 14.8 Å². The lowest BCUT2D eigenvalue weighted by Gasteiger charge is -2.24. The average Bonchev–Trinajstić information content (AvgIpc) is 2.35. The minimum atomic E-state index is -3.51. The summed E-state index contributed by atoms with van der Waals surface area (Å²) in [6.07, 6.45) is 0. The van der Waals surface area contributed by atoms with Crippen molar-refractivity contribution in [1.82, 2.24) is 0 Å². The molecule has 0 aliphatic rings. The monoisotopic (exact) mass is 271 g/mol. The number of nitrogens with two attached hydrogens (primary N) is 1. The fourth-order valence-corrected chi connectivity index (χ4v) is 2.58. The highest BCUT2D eigenvalue weighted by Crippen LogP contribution is 2.29. The Bertz CT molecular complexity index is 528. The van der Waals surface area contributed by atoms with E-state index in [1.54, 1.807) is 24.3 Å². The zero-order chi connectivity index (χ0) is 13.8. The van der Waals surface area contributed by atoms with Crippen LogP contribution in [-0.2, 0) is 10.0 Å². The summed E-state index contributed by atoms with van der Waals surface area (Å²) >= 11 is 0. The molecular formula is C11H17N3O3S. The number of anilines is 1. The second kappa shape index (κ2) is 5.72. The van der Waals surface area contributed by atoms with E-state index in [1.807, 2.05) is 0 Å². The molecule has 7 heteroatoms. The van der Waals surface area contributed by atoms with E-state index < -0.39 is 10.0 Å². The Hall–Kier alpha value is -1.76. The normalized spacial score (nSPS) is 11.0. The standard InChI is InChI=1S/C11H17N3O3S/c1-3-18(15,16)14(8-11(12)13)9-6-4-5-7-10(9)17-2/h4-7H,3,8H2,1-2H3,(H3,12,13). The second-order valence-electron chi connectivity index (χ2n) is 3.60. The largest absolute Gasteiger partial charge is 0.495 e. The highest BCUT2D eigenvalue weighted by atomic mass is 32.2. The van der Waals surface area contributed by atoms with E-state index in [4.69, 9.17) is 15.9 Å². The van der Waals surface area contributed by atoms with Crippen molar-refractivity contribution < 1.29 is 13.2 Å². The van der Waals surface area contributed by atoms with Gasteiger partial charge >= 0.3 is 0 Å². The summed E-state index contributed by atoms with van der Waals surface area (Å²) in [5, 5.41) is 7.29. The molecule has 0 aliphatic heterocycles. The number of ether oxygens (including phenoxy) is 1. The Morgan fingerprint density at radius 2 is 2.06 bits per heavy atom. The summed E-state index contributed by atoms with van der Waals surface area (Å²) in [4.78, 5) is 0. The Morgan fingerprint density at radius 3 is 2.56 bits per heavy atom. The summed E-state index contributed by atoms with van der Waals surface area (Å²) in [7, 11) is -2.05. The first kappa shape index (κ1) is 14.3. The van der Waals surface area contributed by atoms with Crippen LogP contribution in [0, 0.1) is 5.41 Å². The highest BCUT2D eigenvalue weighted by molar-refractivity contribution is 7.92. The third kappa shape index (κ3) is 3.13. The SMILES string of the molecule is CCS(=O)(=O)N(CC(=N)N)c1ccccc1OC. The third-order valence-corrected chi connectivity index (χ3v) is 4.10. The fourth-order valence-electron chi connectivity index (χ4n) is 1.48. The molecule has 1 aromatic rings. The quantitative estimate of drug-likeness (QED) is 0.590. The van der Waals surface area contributed by atoms with Crippen LogP contribution in [0.2, 0.25) is 0 Å². The van der Waals surface area contributed by atoms with E-state index in [0.717, 1.165) is 4.31 Å². The maximum absolute atomic E-state index is 12.0. The number of hydrogen-bond acceptors (Lipinski definition) is 4. The molecule has 18 heavy (non-hydrogen) atoms. The van der Waals surface area contributed by atoms with E-state index in [1.165, 1.54) is 14.0 Å². The molecule has 0 aliphatic carbocycles. The van der Waals surface area contributed by atoms with Gasteiger partial charge in [0.15, 0.2) is 0 Å². The predicted octanol–water partition coefficient (Wildman–Crippen LogP) is 0.787. The molecule has 1 rings (SSSR count). The van der Waals surface area contributed by atoms with Crippen LogP contribution in [0.1, 0.15) is 6.92 Å². The molecule has 0 aromatic heterocycles. The molecule has 0 atom stereocenters. The molecule has 0 saturated heterocycles. The highest BCUT2D eigenvalue weighted by Gasteiger charge is 2.23. The van der Waals surface area contributed by atoms with Crippen molar-refractivity contribution in [2.24, 2.45) is 5.73 Å². The first-order chi connectivity index (χ1) is 8.42. The van der Waals surface area contributed by atoms with Gasteiger partial charge in [-0.15, -0.1) is 0 Å². The molecule has 0 saturated carbocycles. The van der Waals surface area contributed by atoms with E-state index in [0.29, 0.717) is 11.4 Å². The molecule has 100 valence electrons. The third-order valence-electron chi connectivity index (χ3n) is 2.37.